The van der Waals surface area contributed by atoms with Crippen molar-refractivity contribution in [1.29, 1.82) is 0 Å². The van der Waals surface area contributed by atoms with E-state index in [1.54, 1.807) is 13.1 Å². The minimum absolute atomic E-state index is 0.219. The molecule has 0 bridgehead atoms. The van der Waals surface area contributed by atoms with Crippen LogP contribution in [-0.2, 0) is 23.1 Å². The third-order valence-electron chi connectivity index (χ3n) is 2.34. The van der Waals surface area contributed by atoms with Crippen molar-refractivity contribution < 1.29 is 9.53 Å². The van der Waals surface area contributed by atoms with Gasteiger partial charge in [0, 0.05) is 27.7 Å². The molecule has 17 heavy (non-hydrogen) atoms. The number of nitrogens with one attached hydrogen (secondary N) is 1. The van der Waals surface area contributed by atoms with Gasteiger partial charge < -0.3 is 19.5 Å². The lowest BCUT2D eigenvalue weighted by Gasteiger charge is -2.12. The van der Waals surface area contributed by atoms with E-state index in [0.717, 1.165) is 11.6 Å². The number of rotatable bonds is 6. The molecule has 0 aromatic carbocycles. The van der Waals surface area contributed by atoms with Crippen LogP contribution in [-0.4, -0.2) is 42.8 Å². The van der Waals surface area contributed by atoms with Crippen molar-refractivity contribution in [2.75, 3.05) is 32.1 Å². The molecule has 0 radical (unpaired) electrons. The first-order valence-corrected chi connectivity index (χ1v) is 5.60. The topological polar surface area (TPSA) is 59.4 Å². The lowest BCUT2D eigenvalue weighted by molar-refractivity contribution is -0.142. The number of nitrogens with zero attached hydrogens (tertiary/aromatic N) is 3. The molecule has 96 valence electrons. The summed E-state index contributed by atoms with van der Waals surface area (Å²) in [5.41, 5.74) is 1.03. The molecule has 6 nitrogen and oxygen atoms in total. The van der Waals surface area contributed by atoms with Crippen molar-refractivity contribution >= 4 is 11.9 Å². The Hall–Kier alpha value is -1.56. The number of anilines is 1. The molecule has 0 spiro atoms. The minimum atomic E-state index is -0.234. The summed E-state index contributed by atoms with van der Waals surface area (Å²) < 4.78 is 6.81. The summed E-state index contributed by atoms with van der Waals surface area (Å²) in [6.07, 6.45) is 1.80. The Morgan fingerprint density at radius 1 is 1.59 bits per heavy atom. The normalized spacial score (nSPS) is 10.4. The SMILES string of the molecule is CCOC(=O)CNCc1cnc(N(C)C)n1C. The number of hydrogen-bond acceptors (Lipinski definition) is 5. The Labute approximate surface area is 102 Å². The van der Waals surface area contributed by atoms with Crippen molar-refractivity contribution in [3.05, 3.63) is 11.9 Å². The maximum atomic E-state index is 11.1. The average molecular weight is 240 g/mol. The fraction of sp³-hybridized carbons (Fsp3) is 0.636. The summed E-state index contributed by atoms with van der Waals surface area (Å²) in [4.78, 5) is 17.3. The molecule has 0 aliphatic heterocycles. The Bertz CT molecular complexity index is 374. The van der Waals surface area contributed by atoms with Crippen LogP contribution in [0.5, 0.6) is 0 Å². The molecule has 1 aromatic rings. The second kappa shape index (κ2) is 6.24. The van der Waals surface area contributed by atoms with Gasteiger partial charge in [-0.2, -0.15) is 0 Å². The molecule has 0 aliphatic carbocycles. The first kappa shape index (κ1) is 13.5. The zero-order valence-corrected chi connectivity index (χ0v) is 10.9. The monoisotopic (exact) mass is 240 g/mol. The van der Waals surface area contributed by atoms with Gasteiger partial charge in [-0.15, -0.1) is 0 Å². The van der Waals surface area contributed by atoms with Gasteiger partial charge in [-0.25, -0.2) is 4.98 Å². The van der Waals surface area contributed by atoms with Gasteiger partial charge in [0.1, 0.15) is 0 Å². The number of carbonyl (C=O) groups is 1. The molecule has 0 aliphatic rings. The molecule has 1 heterocycles. The van der Waals surface area contributed by atoms with Crippen LogP contribution < -0.4 is 10.2 Å². The van der Waals surface area contributed by atoms with Gasteiger partial charge in [0.15, 0.2) is 0 Å². The molecule has 0 amide bonds. The zero-order valence-electron chi connectivity index (χ0n) is 10.9. The van der Waals surface area contributed by atoms with E-state index in [0.29, 0.717) is 13.2 Å². The molecule has 0 atom stereocenters. The van der Waals surface area contributed by atoms with Crippen LogP contribution in [0.2, 0.25) is 0 Å². The summed E-state index contributed by atoms with van der Waals surface area (Å²) >= 11 is 0. The highest BCUT2D eigenvalue weighted by atomic mass is 16.5. The van der Waals surface area contributed by atoms with Crippen LogP contribution in [0, 0.1) is 0 Å². The number of hydrogen-bond donors (Lipinski definition) is 1. The predicted octanol–water partition coefficient (Wildman–Crippen LogP) is 0.139. The molecule has 0 unspecified atom stereocenters. The Kier molecular flexibility index (Phi) is 4.96. The number of aromatic nitrogens is 2. The van der Waals surface area contributed by atoms with Crippen molar-refractivity contribution in [1.82, 2.24) is 14.9 Å². The van der Waals surface area contributed by atoms with E-state index < -0.39 is 0 Å². The van der Waals surface area contributed by atoms with Gasteiger partial charge in [-0.3, -0.25) is 4.79 Å². The summed E-state index contributed by atoms with van der Waals surface area (Å²) in [5, 5.41) is 3.03. The lowest BCUT2D eigenvalue weighted by atomic mass is 10.4. The number of esters is 1. The second-order valence-electron chi connectivity index (χ2n) is 3.91. The maximum Gasteiger partial charge on any atom is 0.319 e. The molecular weight excluding hydrogens is 220 g/mol. The molecule has 0 saturated carbocycles. The molecule has 0 fully saturated rings. The van der Waals surface area contributed by atoms with Gasteiger partial charge in [0.25, 0.3) is 0 Å². The molecule has 1 N–H and O–H groups in total. The molecular formula is C11H20N4O2. The van der Waals surface area contributed by atoms with Crippen LogP contribution in [0.15, 0.2) is 6.20 Å². The zero-order chi connectivity index (χ0) is 12.8. The fourth-order valence-electron chi connectivity index (χ4n) is 1.52. The van der Waals surface area contributed by atoms with Crippen molar-refractivity contribution in [2.24, 2.45) is 7.05 Å². The van der Waals surface area contributed by atoms with E-state index in [1.807, 2.05) is 30.6 Å². The van der Waals surface area contributed by atoms with E-state index in [-0.39, 0.29) is 12.5 Å². The maximum absolute atomic E-state index is 11.1. The average Bonchev–Trinajstić information content (AvgIpc) is 2.61. The van der Waals surface area contributed by atoms with Crippen molar-refractivity contribution in [2.45, 2.75) is 13.5 Å². The largest absolute Gasteiger partial charge is 0.465 e. The summed E-state index contributed by atoms with van der Waals surface area (Å²) in [6.45, 7) is 3.02. The van der Waals surface area contributed by atoms with E-state index in [2.05, 4.69) is 10.3 Å². The first-order valence-electron chi connectivity index (χ1n) is 5.60. The highest BCUT2D eigenvalue weighted by Gasteiger charge is 2.08. The van der Waals surface area contributed by atoms with Crippen molar-refractivity contribution in [3.8, 4) is 0 Å². The number of carbonyl (C=O) groups excluding carboxylic acids is 1. The van der Waals surface area contributed by atoms with E-state index in [4.69, 9.17) is 4.74 Å². The van der Waals surface area contributed by atoms with Gasteiger partial charge in [-0.05, 0) is 6.92 Å². The third-order valence-corrected chi connectivity index (χ3v) is 2.34. The Morgan fingerprint density at radius 3 is 2.82 bits per heavy atom. The molecule has 1 rings (SSSR count). The summed E-state index contributed by atoms with van der Waals surface area (Å²) in [5.74, 6) is 0.653. The summed E-state index contributed by atoms with van der Waals surface area (Å²) in [7, 11) is 5.83. The third kappa shape index (κ3) is 3.74. The lowest BCUT2D eigenvalue weighted by Crippen LogP contribution is -2.25. The Morgan fingerprint density at radius 2 is 2.29 bits per heavy atom. The smallest absolute Gasteiger partial charge is 0.319 e. The van der Waals surface area contributed by atoms with Crippen LogP contribution in [0.1, 0.15) is 12.6 Å². The quantitative estimate of drug-likeness (QED) is 0.717. The number of ether oxygens (including phenoxy) is 1. The standard InChI is InChI=1S/C11H20N4O2/c1-5-17-10(16)8-12-6-9-7-13-11(14(2)3)15(9)4/h7,12H,5-6,8H2,1-4H3. The summed E-state index contributed by atoms with van der Waals surface area (Å²) in [6, 6.07) is 0. The van der Waals surface area contributed by atoms with Crippen LogP contribution in [0.4, 0.5) is 5.95 Å². The van der Waals surface area contributed by atoms with Gasteiger partial charge >= 0.3 is 5.97 Å². The van der Waals surface area contributed by atoms with E-state index in [1.165, 1.54) is 0 Å². The highest BCUT2D eigenvalue weighted by molar-refractivity contribution is 5.71. The molecule has 6 heteroatoms. The van der Waals surface area contributed by atoms with Crippen LogP contribution >= 0.6 is 0 Å². The van der Waals surface area contributed by atoms with Crippen LogP contribution in [0.3, 0.4) is 0 Å². The fourth-order valence-corrected chi connectivity index (χ4v) is 1.52. The number of imidazole rings is 1. The van der Waals surface area contributed by atoms with E-state index in [9.17, 15) is 4.79 Å². The molecule has 1 aromatic heterocycles. The van der Waals surface area contributed by atoms with Gasteiger partial charge in [0.2, 0.25) is 5.95 Å². The van der Waals surface area contributed by atoms with Crippen molar-refractivity contribution in [3.63, 3.8) is 0 Å². The highest BCUT2D eigenvalue weighted by Crippen LogP contribution is 2.10. The second-order valence-corrected chi connectivity index (χ2v) is 3.91. The van der Waals surface area contributed by atoms with Gasteiger partial charge in [0.05, 0.1) is 25.0 Å². The molecule has 0 saturated heterocycles. The Balaban J connectivity index is 2.45. The van der Waals surface area contributed by atoms with E-state index >= 15 is 0 Å². The predicted molar refractivity (Wildman–Crippen MR) is 65.9 cm³/mol. The van der Waals surface area contributed by atoms with Crippen LogP contribution in [0.25, 0.3) is 0 Å². The minimum Gasteiger partial charge on any atom is -0.465 e. The first-order chi connectivity index (χ1) is 8.06. The van der Waals surface area contributed by atoms with Gasteiger partial charge in [-0.1, -0.05) is 0 Å².